The van der Waals surface area contributed by atoms with E-state index >= 15 is 0 Å². The molecule has 5 heteroatoms. The van der Waals surface area contributed by atoms with Gasteiger partial charge in [-0.15, -0.1) is 0 Å². The van der Waals surface area contributed by atoms with E-state index in [9.17, 15) is 9.59 Å². The standard InChI is InChI=1S/C12H12N2O3/c1-2-10(12(16)17)14-11(15)9-5-3-4-8(6-9)7-13/h3-6,10H,2H2,1H3,(H,14,15)(H,16,17)/t10-/m0/s1. The van der Waals surface area contributed by atoms with Crippen molar-refractivity contribution in [2.45, 2.75) is 19.4 Å². The first kappa shape index (κ1) is 12.7. The Hall–Kier alpha value is -2.35. The molecule has 2 N–H and O–H groups in total. The summed E-state index contributed by atoms with van der Waals surface area (Å²) in [5.41, 5.74) is 0.643. The molecule has 1 rings (SSSR count). The topological polar surface area (TPSA) is 90.2 Å². The molecule has 1 atom stereocenters. The van der Waals surface area contributed by atoms with Gasteiger partial charge in [0.05, 0.1) is 11.6 Å². The summed E-state index contributed by atoms with van der Waals surface area (Å²) in [6, 6.07) is 7.11. The number of nitriles is 1. The molecule has 17 heavy (non-hydrogen) atoms. The average Bonchev–Trinajstić information content (AvgIpc) is 2.35. The number of nitrogens with one attached hydrogen (secondary N) is 1. The summed E-state index contributed by atoms with van der Waals surface area (Å²) in [5, 5.41) is 19.9. The van der Waals surface area contributed by atoms with Crippen molar-refractivity contribution >= 4 is 11.9 Å². The molecule has 0 aliphatic heterocycles. The smallest absolute Gasteiger partial charge is 0.326 e. The molecule has 1 aromatic carbocycles. The van der Waals surface area contributed by atoms with E-state index in [2.05, 4.69) is 5.32 Å². The van der Waals surface area contributed by atoms with Gasteiger partial charge in [-0.25, -0.2) is 4.79 Å². The lowest BCUT2D eigenvalue weighted by Gasteiger charge is -2.12. The summed E-state index contributed by atoms with van der Waals surface area (Å²) in [6.45, 7) is 1.67. The Labute approximate surface area is 98.7 Å². The number of carboxylic acid groups (broad SMARTS) is 1. The van der Waals surface area contributed by atoms with Gasteiger partial charge < -0.3 is 10.4 Å². The highest BCUT2D eigenvalue weighted by molar-refractivity contribution is 5.96. The lowest BCUT2D eigenvalue weighted by atomic mass is 10.1. The third-order valence-corrected chi connectivity index (χ3v) is 2.27. The van der Waals surface area contributed by atoms with Gasteiger partial charge in [0, 0.05) is 5.56 Å². The van der Waals surface area contributed by atoms with E-state index in [0.717, 1.165) is 0 Å². The normalized spacial score (nSPS) is 11.3. The van der Waals surface area contributed by atoms with E-state index in [1.165, 1.54) is 12.1 Å². The van der Waals surface area contributed by atoms with Crippen LogP contribution in [0.15, 0.2) is 24.3 Å². The molecule has 88 valence electrons. The number of carboxylic acids is 1. The van der Waals surface area contributed by atoms with Crippen LogP contribution in [0.2, 0.25) is 0 Å². The van der Waals surface area contributed by atoms with Crippen LogP contribution in [-0.2, 0) is 4.79 Å². The van der Waals surface area contributed by atoms with Crippen molar-refractivity contribution in [1.29, 1.82) is 5.26 Å². The number of nitrogens with zero attached hydrogens (tertiary/aromatic N) is 1. The number of carbonyl (C=O) groups excluding carboxylic acids is 1. The fourth-order valence-electron chi connectivity index (χ4n) is 1.31. The third-order valence-electron chi connectivity index (χ3n) is 2.27. The maximum absolute atomic E-state index is 11.7. The Kier molecular flexibility index (Phi) is 4.23. The number of benzene rings is 1. The fourth-order valence-corrected chi connectivity index (χ4v) is 1.31. The van der Waals surface area contributed by atoms with Gasteiger partial charge in [0.15, 0.2) is 0 Å². The molecular formula is C12H12N2O3. The highest BCUT2D eigenvalue weighted by Crippen LogP contribution is 2.05. The quantitative estimate of drug-likeness (QED) is 0.814. The molecule has 0 saturated carbocycles. The summed E-state index contributed by atoms with van der Waals surface area (Å²) in [5.74, 6) is -1.56. The Bertz CT molecular complexity index is 477. The van der Waals surface area contributed by atoms with Gasteiger partial charge in [-0.3, -0.25) is 4.79 Å². The van der Waals surface area contributed by atoms with Crippen LogP contribution < -0.4 is 5.32 Å². The molecule has 0 aliphatic carbocycles. The fraction of sp³-hybridized carbons (Fsp3) is 0.250. The van der Waals surface area contributed by atoms with Gasteiger partial charge >= 0.3 is 5.97 Å². The SMILES string of the molecule is CC[C@H](NC(=O)c1cccc(C#N)c1)C(=O)O. The second-order valence-electron chi connectivity index (χ2n) is 3.47. The van der Waals surface area contributed by atoms with E-state index in [1.54, 1.807) is 19.1 Å². The van der Waals surface area contributed by atoms with Crippen LogP contribution in [-0.4, -0.2) is 23.0 Å². The molecule has 0 aromatic heterocycles. The van der Waals surface area contributed by atoms with Crippen LogP contribution >= 0.6 is 0 Å². The van der Waals surface area contributed by atoms with Crippen LogP contribution in [0.1, 0.15) is 29.3 Å². The molecule has 0 spiro atoms. The number of amides is 1. The van der Waals surface area contributed by atoms with Crippen LogP contribution in [0.4, 0.5) is 0 Å². The van der Waals surface area contributed by atoms with Gasteiger partial charge in [0.1, 0.15) is 6.04 Å². The van der Waals surface area contributed by atoms with Crippen LogP contribution in [0.25, 0.3) is 0 Å². The van der Waals surface area contributed by atoms with Crippen molar-refractivity contribution in [3.63, 3.8) is 0 Å². The summed E-state index contributed by atoms with van der Waals surface area (Å²) in [4.78, 5) is 22.5. The van der Waals surface area contributed by atoms with E-state index in [1.807, 2.05) is 6.07 Å². The minimum Gasteiger partial charge on any atom is -0.480 e. The summed E-state index contributed by atoms with van der Waals surface area (Å²) in [7, 11) is 0. The zero-order valence-corrected chi connectivity index (χ0v) is 9.30. The molecular weight excluding hydrogens is 220 g/mol. The molecule has 0 radical (unpaired) electrons. The monoisotopic (exact) mass is 232 g/mol. The second-order valence-corrected chi connectivity index (χ2v) is 3.47. The highest BCUT2D eigenvalue weighted by atomic mass is 16.4. The Morgan fingerprint density at radius 2 is 2.24 bits per heavy atom. The molecule has 0 heterocycles. The van der Waals surface area contributed by atoms with Gasteiger partial charge in [-0.2, -0.15) is 5.26 Å². The predicted molar refractivity (Wildman–Crippen MR) is 60.3 cm³/mol. The van der Waals surface area contributed by atoms with Crippen molar-refractivity contribution in [3.8, 4) is 6.07 Å². The lowest BCUT2D eigenvalue weighted by molar-refractivity contribution is -0.139. The van der Waals surface area contributed by atoms with Crippen molar-refractivity contribution in [3.05, 3.63) is 35.4 Å². The first-order chi connectivity index (χ1) is 8.08. The zero-order chi connectivity index (χ0) is 12.8. The molecule has 0 bridgehead atoms. The average molecular weight is 232 g/mol. The van der Waals surface area contributed by atoms with Crippen LogP contribution in [0.3, 0.4) is 0 Å². The molecule has 1 amide bonds. The van der Waals surface area contributed by atoms with Crippen LogP contribution in [0, 0.1) is 11.3 Å². The van der Waals surface area contributed by atoms with Crippen molar-refractivity contribution < 1.29 is 14.7 Å². The van der Waals surface area contributed by atoms with Gasteiger partial charge in [0.25, 0.3) is 5.91 Å². The number of aliphatic carboxylic acids is 1. The summed E-state index contributed by atoms with van der Waals surface area (Å²) in [6.07, 6.45) is 0.305. The molecule has 0 aliphatic rings. The second kappa shape index (κ2) is 5.66. The molecule has 1 aromatic rings. The first-order valence-corrected chi connectivity index (χ1v) is 5.12. The number of carbonyl (C=O) groups is 2. The maximum Gasteiger partial charge on any atom is 0.326 e. The Morgan fingerprint density at radius 1 is 1.53 bits per heavy atom. The van der Waals surface area contributed by atoms with E-state index < -0.39 is 17.9 Å². The van der Waals surface area contributed by atoms with Crippen molar-refractivity contribution in [1.82, 2.24) is 5.32 Å². The molecule has 0 fully saturated rings. The predicted octanol–water partition coefficient (Wildman–Crippen LogP) is 1.15. The van der Waals surface area contributed by atoms with Gasteiger partial charge in [-0.05, 0) is 24.6 Å². The number of rotatable bonds is 4. The molecule has 0 saturated heterocycles. The van der Waals surface area contributed by atoms with Gasteiger partial charge in [-0.1, -0.05) is 13.0 Å². The zero-order valence-electron chi connectivity index (χ0n) is 9.30. The minimum atomic E-state index is -1.07. The largest absolute Gasteiger partial charge is 0.480 e. The van der Waals surface area contributed by atoms with Crippen molar-refractivity contribution in [2.75, 3.05) is 0 Å². The highest BCUT2D eigenvalue weighted by Gasteiger charge is 2.18. The Balaban J connectivity index is 2.83. The number of hydrogen-bond acceptors (Lipinski definition) is 3. The minimum absolute atomic E-state index is 0.281. The van der Waals surface area contributed by atoms with Crippen LogP contribution in [0.5, 0.6) is 0 Å². The van der Waals surface area contributed by atoms with Gasteiger partial charge in [0.2, 0.25) is 0 Å². The maximum atomic E-state index is 11.7. The first-order valence-electron chi connectivity index (χ1n) is 5.12. The van der Waals surface area contributed by atoms with E-state index in [-0.39, 0.29) is 5.56 Å². The summed E-state index contributed by atoms with van der Waals surface area (Å²) < 4.78 is 0. The molecule has 0 unspecified atom stereocenters. The molecule has 5 nitrogen and oxygen atoms in total. The lowest BCUT2D eigenvalue weighted by Crippen LogP contribution is -2.40. The number of hydrogen-bond donors (Lipinski definition) is 2. The summed E-state index contributed by atoms with van der Waals surface area (Å²) >= 11 is 0. The van der Waals surface area contributed by atoms with E-state index in [4.69, 9.17) is 10.4 Å². The van der Waals surface area contributed by atoms with E-state index in [0.29, 0.717) is 12.0 Å². The van der Waals surface area contributed by atoms with Crippen molar-refractivity contribution in [2.24, 2.45) is 0 Å². The third kappa shape index (κ3) is 3.31. The Morgan fingerprint density at radius 3 is 2.76 bits per heavy atom.